The lowest BCUT2D eigenvalue weighted by atomic mass is 10.2. The Bertz CT molecular complexity index is 347. The van der Waals surface area contributed by atoms with Gasteiger partial charge in [-0.1, -0.05) is 19.8 Å². The molecule has 0 amide bonds. The average molecular weight is 364 g/mol. The molecule has 1 aromatic rings. The van der Waals surface area contributed by atoms with Crippen LogP contribution in [-0.2, 0) is 13.6 Å². The fraction of sp³-hybridized carbons (Fsp3) is 0.615. The average Bonchev–Trinajstić information content (AvgIpc) is 2.74. The molecule has 0 aliphatic rings. The summed E-state index contributed by atoms with van der Waals surface area (Å²) in [5.74, 6) is 0.880. The molecule has 0 saturated carbocycles. The zero-order valence-corrected chi connectivity index (χ0v) is 13.9. The van der Waals surface area contributed by atoms with Crippen molar-refractivity contribution < 1.29 is 0 Å². The van der Waals surface area contributed by atoms with Gasteiger partial charge in [-0.3, -0.25) is 4.99 Å². The number of aryl methyl sites for hydroxylation is 1. The lowest BCUT2D eigenvalue weighted by molar-refractivity contribution is 0.682. The van der Waals surface area contributed by atoms with Crippen LogP contribution in [0.1, 0.15) is 31.7 Å². The first kappa shape index (κ1) is 17.3. The Hall–Kier alpha value is -0.720. The lowest BCUT2D eigenvalue weighted by Crippen LogP contribution is -2.37. The van der Waals surface area contributed by atoms with Crippen LogP contribution in [0.15, 0.2) is 23.5 Å². The maximum atomic E-state index is 4.20. The van der Waals surface area contributed by atoms with E-state index in [4.69, 9.17) is 0 Å². The van der Waals surface area contributed by atoms with E-state index in [1.54, 1.807) is 7.05 Å². The largest absolute Gasteiger partial charge is 0.357 e. The van der Waals surface area contributed by atoms with Crippen LogP contribution < -0.4 is 10.6 Å². The molecule has 1 aromatic heterocycles. The molecule has 4 nitrogen and oxygen atoms in total. The van der Waals surface area contributed by atoms with Gasteiger partial charge in [-0.2, -0.15) is 0 Å². The van der Waals surface area contributed by atoms with Crippen molar-refractivity contribution >= 4 is 29.9 Å². The highest BCUT2D eigenvalue weighted by Gasteiger charge is 1.98. The zero-order valence-electron chi connectivity index (χ0n) is 11.6. The molecule has 5 heteroatoms. The smallest absolute Gasteiger partial charge is 0.191 e. The van der Waals surface area contributed by atoms with Crippen molar-refractivity contribution in [3.8, 4) is 0 Å². The molecule has 0 saturated heterocycles. The van der Waals surface area contributed by atoms with Crippen LogP contribution in [0.4, 0.5) is 0 Å². The van der Waals surface area contributed by atoms with Gasteiger partial charge in [0.2, 0.25) is 0 Å². The summed E-state index contributed by atoms with van der Waals surface area (Å²) in [6.45, 7) is 4.01. The monoisotopic (exact) mass is 364 g/mol. The summed E-state index contributed by atoms with van der Waals surface area (Å²) in [6.07, 6.45) is 7.87. The Morgan fingerprint density at radius 3 is 2.67 bits per heavy atom. The number of halogens is 1. The Labute approximate surface area is 127 Å². The van der Waals surface area contributed by atoms with Gasteiger partial charge in [-0.15, -0.1) is 24.0 Å². The zero-order chi connectivity index (χ0) is 12.5. The van der Waals surface area contributed by atoms with E-state index in [1.807, 2.05) is 7.05 Å². The molecule has 104 valence electrons. The van der Waals surface area contributed by atoms with Crippen LogP contribution in [0.25, 0.3) is 0 Å². The molecule has 0 atom stereocenters. The Morgan fingerprint density at radius 1 is 1.33 bits per heavy atom. The first-order valence-corrected chi connectivity index (χ1v) is 6.31. The standard InChI is InChI=1S/C13H24N4.HI/c1-4-5-6-8-15-13(14-2)16-10-12-7-9-17(3)11-12;/h7,9,11H,4-6,8,10H2,1-3H3,(H2,14,15,16);1H. The quantitative estimate of drug-likeness (QED) is 0.353. The van der Waals surface area contributed by atoms with Gasteiger partial charge in [0.25, 0.3) is 0 Å². The molecule has 0 unspecified atom stereocenters. The van der Waals surface area contributed by atoms with Crippen LogP contribution in [0.3, 0.4) is 0 Å². The van der Waals surface area contributed by atoms with Gasteiger partial charge < -0.3 is 15.2 Å². The first-order valence-electron chi connectivity index (χ1n) is 6.31. The number of nitrogens with zero attached hydrogens (tertiary/aromatic N) is 2. The molecular formula is C13H25IN4. The predicted octanol–water partition coefficient (Wildman–Crippen LogP) is 2.50. The fourth-order valence-corrected chi connectivity index (χ4v) is 1.65. The summed E-state index contributed by atoms with van der Waals surface area (Å²) < 4.78 is 2.05. The van der Waals surface area contributed by atoms with Crippen molar-refractivity contribution in [1.82, 2.24) is 15.2 Å². The van der Waals surface area contributed by atoms with Crippen LogP contribution in [-0.4, -0.2) is 24.1 Å². The number of guanidine groups is 1. The minimum atomic E-state index is 0. The van der Waals surface area contributed by atoms with Gasteiger partial charge >= 0.3 is 0 Å². The lowest BCUT2D eigenvalue weighted by Gasteiger charge is -2.10. The second kappa shape index (κ2) is 10.2. The SMILES string of the molecule is CCCCCNC(=NC)NCc1ccn(C)c1.I. The number of hydrogen-bond acceptors (Lipinski definition) is 1. The minimum Gasteiger partial charge on any atom is -0.357 e. The normalized spacial score (nSPS) is 10.9. The van der Waals surface area contributed by atoms with Gasteiger partial charge in [-0.25, -0.2) is 0 Å². The third kappa shape index (κ3) is 6.88. The summed E-state index contributed by atoms with van der Waals surface area (Å²) in [5.41, 5.74) is 1.27. The van der Waals surface area contributed by atoms with Crippen LogP contribution in [0, 0.1) is 0 Å². The van der Waals surface area contributed by atoms with Crippen molar-refractivity contribution in [3.05, 3.63) is 24.0 Å². The Kier molecular flexibility index (Phi) is 9.82. The maximum absolute atomic E-state index is 4.20. The highest BCUT2D eigenvalue weighted by atomic mass is 127. The fourth-order valence-electron chi connectivity index (χ4n) is 1.65. The van der Waals surface area contributed by atoms with E-state index >= 15 is 0 Å². The number of unbranched alkanes of at least 4 members (excludes halogenated alkanes) is 2. The molecule has 1 heterocycles. The number of aromatic nitrogens is 1. The van der Waals surface area contributed by atoms with E-state index in [0.29, 0.717) is 0 Å². The summed E-state index contributed by atoms with van der Waals surface area (Å²) in [7, 11) is 3.83. The molecule has 0 fully saturated rings. The number of rotatable bonds is 6. The number of hydrogen-bond donors (Lipinski definition) is 2. The van der Waals surface area contributed by atoms with Gasteiger partial charge in [0.15, 0.2) is 5.96 Å². The topological polar surface area (TPSA) is 41.4 Å². The van der Waals surface area contributed by atoms with Crippen LogP contribution in [0.2, 0.25) is 0 Å². The van der Waals surface area contributed by atoms with Gasteiger partial charge in [-0.05, 0) is 18.1 Å². The second-order valence-electron chi connectivity index (χ2n) is 4.24. The second-order valence-corrected chi connectivity index (χ2v) is 4.24. The molecule has 0 radical (unpaired) electrons. The van der Waals surface area contributed by atoms with Crippen molar-refractivity contribution in [1.29, 1.82) is 0 Å². The highest BCUT2D eigenvalue weighted by molar-refractivity contribution is 14.0. The predicted molar refractivity (Wildman–Crippen MR) is 88.6 cm³/mol. The number of aliphatic imine (C=N–C) groups is 1. The minimum absolute atomic E-state index is 0. The van der Waals surface area contributed by atoms with E-state index < -0.39 is 0 Å². The third-order valence-electron chi connectivity index (χ3n) is 2.65. The van der Waals surface area contributed by atoms with E-state index in [2.05, 4.69) is 45.6 Å². The molecular weight excluding hydrogens is 339 g/mol. The van der Waals surface area contributed by atoms with E-state index in [1.165, 1.54) is 24.8 Å². The molecule has 0 aromatic carbocycles. The van der Waals surface area contributed by atoms with E-state index in [0.717, 1.165) is 19.0 Å². The summed E-state index contributed by atoms with van der Waals surface area (Å²) in [6, 6.07) is 2.11. The highest BCUT2D eigenvalue weighted by Crippen LogP contribution is 1.98. The van der Waals surface area contributed by atoms with Crippen LogP contribution >= 0.6 is 24.0 Å². The van der Waals surface area contributed by atoms with Gasteiger partial charge in [0, 0.05) is 39.6 Å². The molecule has 0 aliphatic heterocycles. The van der Waals surface area contributed by atoms with Crippen LogP contribution in [0.5, 0.6) is 0 Å². The molecule has 0 spiro atoms. The van der Waals surface area contributed by atoms with Crippen molar-refractivity contribution in [2.45, 2.75) is 32.7 Å². The summed E-state index contributed by atoms with van der Waals surface area (Å²) in [5, 5.41) is 6.61. The van der Waals surface area contributed by atoms with Gasteiger partial charge in [0.05, 0.1) is 0 Å². The maximum Gasteiger partial charge on any atom is 0.191 e. The molecule has 18 heavy (non-hydrogen) atoms. The molecule has 0 bridgehead atoms. The Balaban J connectivity index is 0.00000289. The summed E-state index contributed by atoms with van der Waals surface area (Å²) in [4.78, 5) is 4.20. The van der Waals surface area contributed by atoms with Crippen molar-refractivity contribution in [2.24, 2.45) is 12.0 Å². The van der Waals surface area contributed by atoms with Crippen molar-refractivity contribution in [2.75, 3.05) is 13.6 Å². The molecule has 0 aliphatic carbocycles. The van der Waals surface area contributed by atoms with E-state index in [-0.39, 0.29) is 24.0 Å². The number of nitrogens with one attached hydrogen (secondary N) is 2. The van der Waals surface area contributed by atoms with E-state index in [9.17, 15) is 0 Å². The Morgan fingerprint density at radius 2 is 2.11 bits per heavy atom. The first-order chi connectivity index (χ1) is 8.26. The van der Waals surface area contributed by atoms with Crippen molar-refractivity contribution in [3.63, 3.8) is 0 Å². The molecule has 2 N–H and O–H groups in total. The van der Waals surface area contributed by atoms with Gasteiger partial charge in [0.1, 0.15) is 0 Å². The summed E-state index contributed by atoms with van der Waals surface area (Å²) >= 11 is 0. The third-order valence-corrected chi connectivity index (χ3v) is 2.65. The molecule has 1 rings (SSSR count).